The van der Waals surface area contributed by atoms with E-state index in [1.165, 1.54) is 22.9 Å². The molecule has 174 valence electrons. The number of carbonyl (C=O) groups excluding carboxylic acids is 1. The van der Waals surface area contributed by atoms with Crippen LogP contribution in [0.1, 0.15) is 72.4 Å². The minimum atomic E-state index is -4.53. The van der Waals surface area contributed by atoms with Crippen LogP contribution in [0.5, 0.6) is 0 Å². The van der Waals surface area contributed by atoms with Gasteiger partial charge in [0.1, 0.15) is 0 Å². The molecule has 1 N–H and O–H groups in total. The van der Waals surface area contributed by atoms with Gasteiger partial charge in [0.05, 0.1) is 11.3 Å². The zero-order chi connectivity index (χ0) is 24.5. The molecule has 8 heteroatoms. The lowest BCUT2D eigenvalue weighted by atomic mass is 9.92. The standard InChI is InChI=1S/C25H26F3N3O2/c1-14(2)19-10-7-11-20(15(3)4)22(19)29-24(33)23-21(32)12-16(5)31(30-23)18-9-6-8-17(13-18)25(26,27)28/h6-15H,1-5H3,(H,29,33). The smallest absolute Gasteiger partial charge is 0.320 e. The van der Waals surface area contributed by atoms with Crippen LogP contribution in [0, 0.1) is 6.92 Å². The maximum Gasteiger partial charge on any atom is 0.416 e. The van der Waals surface area contributed by atoms with E-state index in [0.717, 1.165) is 23.3 Å². The molecule has 3 rings (SSSR count). The Kier molecular flexibility index (Phi) is 6.76. The summed E-state index contributed by atoms with van der Waals surface area (Å²) >= 11 is 0. The molecule has 0 unspecified atom stereocenters. The molecule has 1 heterocycles. The monoisotopic (exact) mass is 457 g/mol. The minimum Gasteiger partial charge on any atom is -0.320 e. The highest BCUT2D eigenvalue weighted by atomic mass is 19.4. The second-order valence-corrected chi connectivity index (χ2v) is 8.53. The van der Waals surface area contributed by atoms with Crippen molar-refractivity contribution in [2.24, 2.45) is 0 Å². The number of amides is 1. The van der Waals surface area contributed by atoms with Crippen LogP contribution in [0.2, 0.25) is 0 Å². The topological polar surface area (TPSA) is 64.0 Å². The minimum absolute atomic E-state index is 0.0989. The van der Waals surface area contributed by atoms with Crippen molar-refractivity contribution in [3.63, 3.8) is 0 Å². The van der Waals surface area contributed by atoms with Crippen molar-refractivity contribution in [2.75, 3.05) is 5.32 Å². The van der Waals surface area contributed by atoms with Crippen LogP contribution in [0.25, 0.3) is 5.69 Å². The molecule has 5 nitrogen and oxygen atoms in total. The van der Waals surface area contributed by atoms with Crippen LogP contribution in [0.15, 0.2) is 53.3 Å². The van der Waals surface area contributed by atoms with Gasteiger partial charge in [0.15, 0.2) is 5.69 Å². The summed E-state index contributed by atoms with van der Waals surface area (Å²) in [6.07, 6.45) is -4.53. The third kappa shape index (κ3) is 5.16. The third-order valence-corrected chi connectivity index (χ3v) is 5.35. The molecular weight excluding hydrogens is 431 g/mol. The number of halogens is 3. The van der Waals surface area contributed by atoms with Gasteiger partial charge in [0.2, 0.25) is 5.43 Å². The van der Waals surface area contributed by atoms with Crippen molar-refractivity contribution < 1.29 is 18.0 Å². The number of hydrogen-bond acceptors (Lipinski definition) is 3. The Balaban J connectivity index is 2.08. The first-order chi connectivity index (χ1) is 15.4. The lowest BCUT2D eigenvalue weighted by molar-refractivity contribution is -0.137. The maximum atomic E-state index is 13.2. The van der Waals surface area contributed by atoms with Crippen molar-refractivity contribution in [3.8, 4) is 5.69 Å². The van der Waals surface area contributed by atoms with E-state index in [2.05, 4.69) is 10.4 Å². The molecular formula is C25H26F3N3O2. The Labute approximate surface area is 190 Å². The average Bonchev–Trinajstić information content (AvgIpc) is 2.73. The number of aromatic nitrogens is 2. The molecule has 3 aromatic rings. The van der Waals surface area contributed by atoms with E-state index in [0.29, 0.717) is 11.4 Å². The summed E-state index contributed by atoms with van der Waals surface area (Å²) in [4.78, 5) is 25.7. The molecule has 0 fully saturated rings. The first-order valence-corrected chi connectivity index (χ1v) is 10.6. The number of para-hydroxylation sites is 1. The summed E-state index contributed by atoms with van der Waals surface area (Å²) < 4.78 is 40.7. The lowest BCUT2D eigenvalue weighted by Gasteiger charge is -2.20. The van der Waals surface area contributed by atoms with Crippen LogP contribution >= 0.6 is 0 Å². The van der Waals surface area contributed by atoms with E-state index >= 15 is 0 Å². The fourth-order valence-corrected chi connectivity index (χ4v) is 3.65. The van der Waals surface area contributed by atoms with Gasteiger partial charge in [-0.3, -0.25) is 9.59 Å². The van der Waals surface area contributed by atoms with Gasteiger partial charge in [-0.15, -0.1) is 0 Å². The van der Waals surface area contributed by atoms with Crippen molar-refractivity contribution in [3.05, 3.63) is 86.8 Å². The number of carbonyl (C=O) groups is 1. The van der Waals surface area contributed by atoms with Crippen molar-refractivity contribution in [1.29, 1.82) is 0 Å². The van der Waals surface area contributed by atoms with Crippen LogP contribution in [-0.4, -0.2) is 15.7 Å². The third-order valence-electron chi connectivity index (χ3n) is 5.35. The molecule has 0 aliphatic rings. The first-order valence-electron chi connectivity index (χ1n) is 10.6. The Morgan fingerprint density at radius 1 is 0.970 bits per heavy atom. The summed E-state index contributed by atoms with van der Waals surface area (Å²) in [5, 5.41) is 6.97. The lowest BCUT2D eigenvalue weighted by Crippen LogP contribution is -2.27. The van der Waals surface area contributed by atoms with E-state index in [1.54, 1.807) is 6.92 Å². The van der Waals surface area contributed by atoms with Gasteiger partial charge in [0, 0.05) is 17.4 Å². The van der Waals surface area contributed by atoms with E-state index in [1.807, 2.05) is 45.9 Å². The van der Waals surface area contributed by atoms with Crippen LogP contribution in [-0.2, 0) is 6.18 Å². The number of hydrogen-bond donors (Lipinski definition) is 1. The molecule has 0 radical (unpaired) electrons. The van der Waals surface area contributed by atoms with Crippen LogP contribution < -0.4 is 10.7 Å². The highest BCUT2D eigenvalue weighted by Gasteiger charge is 2.30. The molecule has 0 atom stereocenters. The number of rotatable bonds is 5. The van der Waals surface area contributed by atoms with Gasteiger partial charge in [-0.2, -0.15) is 18.3 Å². The number of nitrogens with one attached hydrogen (secondary N) is 1. The predicted octanol–water partition coefficient (Wildman–Crippen LogP) is 6.06. The zero-order valence-corrected chi connectivity index (χ0v) is 19.1. The van der Waals surface area contributed by atoms with E-state index in [4.69, 9.17) is 0 Å². The molecule has 0 aliphatic carbocycles. The second-order valence-electron chi connectivity index (χ2n) is 8.53. The van der Waals surface area contributed by atoms with Gasteiger partial charge in [0.25, 0.3) is 5.91 Å². The van der Waals surface area contributed by atoms with Crippen molar-refractivity contribution in [2.45, 2.75) is 52.6 Å². The summed E-state index contributed by atoms with van der Waals surface area (Å²) in [6, 6.07) is 11.5. The molecule has 0 saturated heterocycles. The molecule has 0 aliphatic heterocycles. The summed E-state index contributed by atoms with van der Waals surface area (Å²) in [5.74, 6) is -0.478. The van der Waals surface area contributed by atoms with E-state index < -0.39 is 28.8 Å². The molecule has 33 heavy (non-hydrogen) atoms. The number of anilines is 1. The molecule has 0 saturated carbocycles. The molecule has 2 aromatic carbocycles. The van der Waals surface area contributed by atoms with Crippen molar-refractivity contribution >= 4 is 11.6 Å². The quantitative estimate of drug-likeness (QED) is 0.507. The van der Waals surface area contributed by atoms with Gasteiger partial charge in [-0.1, -0.05) is 52.0 Å². The van der Waals surface area contributed by atoms with Gasteiger partial charge in [-0.05, 0) is 48.1 Å². The summed E-state index contributed by atoms with van der Waals surface area (Å²) in [5.41, 5.74) is 1.01. The fourth-order valence-electron chi connectivity index (χ4n) is 3.65. The Hall–Kier alpha value is -3.42. The number of alkyl halides is 3. The van der Waals surface area contributed by atoms with E-state index in [9.17, 15) is 22.8 Å². The van der Waals surface area contributed by atoms with Crippen molar-refractivity contribution in [1.82, 2.24) is 9.78 Å². The summed E-state index contributed by atoms with van der Waals surface area (Å²) in [6.45, 7) is 9.54. The number of nitrogens with zero attached hydrogens (tertiary/aromatic N) is 2. The first kappa shape index (κ1) is 24.2. The van der Waals surface area contributed by atoms with Gasteiger partial charge >= 0.3 is 6.18 Å². The second kappa shape index (κ2) is 9.21. The highest BCUT2D eigenvalue weighted by molar-refractivity contribution is 6.03. The predicted molar refractivity (Wildman–Crippen MR) is 122 cm³/mol. The Morgan fingerprint density at radius 2 is 1.55 bits per heavy atom. The fraction of sp³-hybridized carbons (Fsp3) is 0.320. The Morgan fingerprint density at radius 3 is 2.09 bits per heavy atom. The van der Waals surface area contributed by atoms with E-state index in [-0.39, 0.29) is 17.5 Å². The average molecular weight is 457 g/mol. The maximum absolute atomic E-state index is 13.2. The molecule has 1 amide bonds. The summed E-state index contributed by atoms with van der Waals surface area (Å²) in [7, 11) is 0. The normalized spacial score (nSPS) is 11.8. The van der Waals surface area contributed by atoms with Crippen LogP contribution in [0.3, 0.4) is 0 Å². The number of aryl methyl sites for hydroxylation is 1. The molecule has 0 bridgehead atoms. The van der Waals surface area contributed by atoms with Crippen LogP contribution in [0.4, 0.5) is 18.9 Å². The SMILES string of the molecule is Cc1cc(=O)c(C(=O)Nc2c(C(C)C)cccc2C(C)C)nn1-c1cccc(C(F)(F)F)c1. The molecule has 1 aromatic heterocycles. The zero-order valence-electron chi connectivity index (χ0n) is 19.1. The van der Waals surface area contributed by atoms with Gasteiger partial charge in [-0.25, -0.2) is 4.68 Å². The molecule has 0 spiro atoms. The number of benzene rings is 2. The Bertz CT molecular complexity index is 1220. The van der Waals surface area contributed by atoms with Gasteiger partial charge < -0.3 is 5.32 Å². The largest absolute Gasteiger partial charge is 0.416 e. The highest BCUT2D eigenvalue weighted by Crippen LogP contribution is 2.33.